The monoisotopic (exact) mass is 239 g/mol. The van der Waals surface area contributed by atoms with Crippen LogP contribution in [0.3, 0.4) is 0 Å². The van der Waals surface area contributed by atoms with Gasteiger partial charge in [0.05, 0.1) is 19.8 Å². The molecule has 0 aromatic heterocycles. The summed E-state index contributed by atoms with van der Waals surface area (Å²) < 4.78 is 10.3. The number of hydrogen-bond donors (Lipinski definition) is 0. The fourth-order valence-corrected chi connectivity index (χ4v) is 1.30. The lowest BCUT2D eigenvalue weighted by Crippen LogP contribution is -2.36. The first-order chi connectivity index (χ1) is 6.65. The van der Waals surface area contributed by atoms with E-state index in [0.717, 1.165) is 0 Å². The second kappa shape index (κ2) is 5.56. The third kappa shape index (κ3) is 3.13. The molecule has 0 saturated carbocycles. The highest BCUT2D eigenvalue weighted by Gasteiger charge is 2.24. The molecule has 80 valence electrons. The van der Waals surface area contributed by atoms with Crippen LogP contribution in [0.2, 0.25) is 0 Å². The fourth-order valence-electron chi connectivity index (χ4n) is 1.05. The van der Waals surface area contributed by atoms with E-state index in [1.54, 1.807) is 0 Å². The first-order valence-electron chi connectivity index (χ1n) is 4.09. The first kappa shape index (κ1) is 11.8. The summed E-state index contributed by atoms with van der Waals surface area (Å²) in [7, 11) is 0. The van der Waals surface area contributed by atoms with Crippen molar-refractivity contribution >= 4 is 29.1 Å². The quantitative estimate of drug-likeness (QED) is 0.691. The second-order valence-electron chi connectivity index (χ2n) is 2.65. The number of carbonyl (C=O) groups excluding carboxylic acids is 1. The summed E-state index contributed by atoms with van der Waals surface area (Å²) in [5.41, 5.74) is 0. The number of alkyl halides is 2. The molecule has 0 atom stereocenters. The van der Waals surface area contributed by atoms with Gasteiger partial charge in [0.1, 0.15) is 0 Å². The van der Waals surface area contributed by atoms with Crippen LogP contribution >= 0.6 is 23.2 Å². The molecule has 0 aliphatic carbocycles. The van der Waals surface area contributed by atoms with E-state index >= 15 is 0 Å². The highest BCUT2D eigenvalue weighted by Crippen LogP contribution is 2.11. The van der Waals surface area contributed by atoms with E-state index in [0.29, 0.717) is 13.2 Å². The Morgan fingerprint density at radius 1 is 1.57 bits per heavy atom. The Hall–Kier alpha value is -0.290. The maximum absolute atomic E-state index is 11.3. The number of nitrogens with zero attached hydrogens (tertiary/aromatic N) is 1. The lowest BCUT2D eigenvalue weighted by molar-refractivity contribution is -0.131. The van der Waals surface area contributed by atoms with Gasteiger partial charge < -0.3 is 14.4 Å². The molecule has 0 aromatic rings. The maximum atomic E-state index is 11.3. The van der Waals surface area contributed by atoms with Gasteiger partial charge in [-0.25, -0.2) is 0 Å². The van der Waals surface area contributed by atoms with Crippen molar-refractivity contribution in [1.29, 1.82) is 0 Å². The Balaban J connectivity index is 2.45. The summed E-state index contributed by atoms with van der Waals surface area (Å²) in [4.78, 5) is 11.5. The van der Waals surface area contributed by atoms with E-state index in [-0.39, 0.29) is 6.54 Å². The van der Waals surface area contributed by atoms with Gasteiger partial charge in [-0.15, -0.1) is 0 Å². The predicted octanol–water partition coefficient (Wildman–Crippen LogP) is 1.14. The summed E-state index contributed by atoms with van der Waals surface area (Å²) in [5.74, 6) is -0.428. The van der Waals surface area contributed by atoms with Crippen molar-refractivity contribution in [3.63, 3.8) is 0 Å². The van der Waals surface area contributed by atoms with E-state index in [9.17, 15) is 4.79 Å². The predicted molar refractivity (Wildman–Crippen MR) is 53.1 cm³/mol. The standard InChI is InChI=1S/C8H11Cl2NO3/c1-2-11(8(12)7(9)10)5-6-13-3-4-14-6/h2,6-7H,1,3-5H2. The SMILES string of the molecule is C=CN(CC1OCCO1)C(=O)C(Cl)Cl. The molecule has 0 radical (unpaired) electrons. The summed E-state index contributed by atoms with van der Waals surface area (Å²) in [6.45, 7) is 4.82. The molecule has 6 heteroatoms. The zero-order valence-corrected chi connectivity index (χ0v) is 9.00. The minimum Gasteiger partial charge on any atom is -0.348 e. The molecule has 0 spiro atoms. The summed E-state index contributed by atoms with van der Waals surface area (Å²) in [6.07, 6.45) is 0.939. The molecule has 0 N–H and O–H groups in total. The molecule has 1 heterocycles. The van der Waals surface area contributed by atoms with Crippen LogP contribution in [0, 0.1) is 0 Å². The molecule has 0 aromatic carbocycles. The summed E-state index contributed by atoms with van der Waals surface area (Å²) in [5, 5.41) is 0. The van der Waals surface area contributed by atoms with Crippen molar-refractivity contribution < 1.29 is 14.3 Å². The third-order valence-corrected chi connectivity index (χ3v) is 2.10. The normalized spacial score (nSPS) is 17.4. The van der Waals surface area contributed by atoms with Crippen LogP contribution in [-0.4, -0.2) is 41.7 Å². The molecule has 0 unspecified atom stereocenters. The molecule has 0 bridgehead atoms. The summed E-state index contributed by atoms with van der Waals surface area (Å²) >= 11 is 10.9. The zero-order chi connectivity index (χ0) is 10.6. The number of carbonyl (C=O) groups is 1. The van der Waals surface area contributed by atoms with Gasteiger partial charge in [0.25, 0.3) is 5.91 Å². The van der Waals surface area contributed by atoms with Crippen molar-refractivity contribution in [2.45, 2.75) is 11.1 Å². The minimum atomic E-state index is -1.09. The van der Waals surface area contributed by atoms with Crippen LogP contribution in [0.25, 0.3) is 0 Å². The van der Waals surface area contributed by atoms with Crippen molar-refractivity contribution in [3.05, 3.63) is 12.8 Å². The van der Waals surface area contributed by atoms with Gasteiger partial charge in [-0.1, -0.05) is 29.8 Å². The molecule has 4 nitrogen and oxygen atoms in total. The van der Waals surface area contributed by atoms with Gasteiger partial charge in [-0.3, -0.25) is 4.79 Å². The van der Waals surface area contributed by atoms with E-state index in [1.807, 2.05) is 0 Å². The molecule has 14 heavy (non-hydrogen) atoms. The van der Waals surface area contributed by atoms with E-state index < -0.39 is 17.0 Å². The number of amides is 1. The molecule has 1 rings (SSSR count). The minimum absolute atomic E-state index is 0.262. The smallest absolute Gasteiger partial charge is 0.259 e. The molecular weight excluding hydrogens is 229 g/mol. The third-order valence-electron chi connectivity index (χ3n) is 1.73. The van der Waals surface area contributed by atoms with Gasteiger partial charge >= 0.3 is 0 Å². The second-order valence-corrected chi connectivity index (χ2v) is 3.74. The maximum Gasteiger partial charge on any atom is 0.259 e. The molecule has 1 amide bonds. The first-order valence-corrected chi connectivity index (χ1v) is 4.97. The molecule has 1 aliphatic heterocycles. The Morgan fingerprint density at radius 3 is 2.57 bits per heavy atom. The Bertz CT molecular complexity index is 217. The van der Waals surface area contributed by atoms with E-state index in [4.69, 9.17) is 32.7 Å². The highest BCUT2D eigenvalue weighted by atomic mass is 35.5. The van der Waals surface area contributed by atoms with Crippen LogP contribution in [-0.2, 0) is 14.3 Å². The van der Waals surface area contributed by atoms with E-state index in [2.05, 4.69) is 6.58 Å². The zero-order valence-electron chi connectivity index (χ0n) is 7.49. The van der Waals surface area contributed by atoms with Crippen molar-refractivity contribution in [2.24, 2.45) is 0 Å². The Morgan fingerprint density at radius 2 is 2.14 bits per heavy atom. The number of ether oxygens (including phenoxy) is 2. The largest absolute Gasteiger partial charge is 0.348 e. The molecule has 1 aliphatic rings. The Kier molecular flexibility index (Phi) is 4.68. The lowest BCUT2D eigenvalue weighted by atomic mass is 10.5. The highest BCUT2D eigenvalue weighted by molar-refractivity contribution is 6.53. The molecular formula is C8H11Cl2NO3. The van der Waals surface area contributed by atoms with Gasteiger partial charge in [-0.05, 0) is 6.20 Å². The van der Waals surface area contributed by atoms with Crippen LogP contribution < -0.4 is 0 Å². The average Bonchev–Trinajstić information content (AvgIpc) is 2.65. The topological polar surface area (TPSA) is 38.8 Å². The van der Waals surface area contributed by atoms with E-state index in [1.165, 1.54) is 11.1 Å². The Labute approximate surface area is 92.4 Å². The van der Waals surface area contributed by atoms with Crippen molar-refractivity contribution in [3.8, 4) is 0 Å². The van der Waals surface area contributed by atoms with Gasteiger partial charge in [0.2, 0.25) is 0 Å². The number of hydrogen-bond acceptors (Lipinski definition) is 3. The van der Waals surface area contributed by atoms with Gasteiger partial charge in [0.15, 0.2) is 11.1 Å². The van der Waals surface area contributed by atoms with Crippen molar-refractivity contribution in [1.82, 2.24) is 4.90 Å². The van der Waals surface area contributed by atoms with Gasteiger partial charge in [-0.2, -0.15) is 0 Å². The number of halogens is 2. The fraction of sp³-hybridized carbons (Fsp3) is 0.625. The number of rotatable bonds is 4. The van der Waals surface area contributed by atoms with Crippen LogP contribution in [0.4, 0.5) is 0 Å². The van der Waals surface area contributed by atoms with Crippen LogP contribution in [0.5, 0.6) is 0 Å². The van der Waals surface area contributed by atoms with Crippen LogP contribution in [0.15, 0.2) is 12.8 Å². The van der Waals surface area contributed by atoms with Crippen molar-refractivity contribution in [2.75, 3.05) is 19.8 Å². The van der Waals surface area contributed by atoms with Gasteiger partial charge in [0, 0.05) is 0 Å². The summed E-state index contributed by atoms with van der Waals surface area (Å²) in [6, 6.07) is 0. The average molecular weight is 240 g/mol. The van der Waals surface area contributed by atoms with Crippen LogP contribution in [0.1, 0.15) is 0 Å². The molecule has 1 saturated heterocycles. The molecule has 1 fully saturated rings. The lowest BCUT2D eigenvalue weighted by Gasteiger charge is -2.21.